The summed E-state index contributed by atoms with van der Waals surface area (Å²) in [5.41, 5.74) is 23.7. The van der Waals surface area contributed by atoms with Crippen LogP contribution in [0.4, 0.5) is 5.69 Å². The highest BCUT2D eigenvalue weighted by molar-refractivity contribution is 5.83. The first-order valence-corrected chi connectivity index (χ1v) is 10.1. The Labute approximate surface area is 171 Å². The monoisotopic (exact) mass is 388 g/mol. The van der Waals surface area contributed by atoms with E-state index in [1.165, 1.54) is 25.7 Å². The molecule has 0 saturated heterocycles. The van der Waals surface area contributed by atoms with Gasteiger partial charge in [0.2, 0.25) is 0 Å². The molecular weight excluding hydrogens is 360 g/mol. The first-order valence-electron chi connectivity index (χ1n) is 10.1. The summed E-state index contributed by atoms with van der Waals surface area (Å²) in [6, 6.07) is 9.98. The van der Waals surface area contributed by atoms with E-state index in [-0.39, 0.29) is 5.82 Å². The Bertz CT molecular complexity index is 1040. The fourth-order valence-corrected chi connectivity index (χ4v) is 4.10. The van der Waals surface area contributed by atoms with Crippen LogP contribution in [0, 0.1) is 12.8 Å². The van der Waals surface area contributed by atoms with Crippen molar-refractivity contribution in [1.29, 1.82) is 0 Å². The van der Waals surface area contributed by atoms with Gasteiger partial charge in [-0.1, -0.05) is 31.0 Å². The van der Waals surface area contributed by atoms with Gasteiger partial charge < -0.3 is 17.2 Å². The third kappa shape index (κ3) is 4.26. The quantitative estimate of drug-likeness (QED) is 0.574. The molecular formula is C23H28N6. The van der Waals surface area contributed by atoms with Crippen LogP contribution in [-0.2, 0) is 6.54 Å². The van der Waals surface area contributed by atoms with Crippen molar-refractivity contribution in [2.75, 3.05) is 5.73 Å². The second kappa shape index (κ2) is 7.99. The Morgan fingerprint density at radius 3 is 2.66 bits per heavy atom. The molecule has 1 aliphatic rings. The Morgan fingerprint density at radius 1 is 1.14 bits per heavy atom. The van der Waals surface area contributed by atoms with Crippen LogP contribution in [0.15, 0.2) is 48.5 Å². The molecule has 2 heterocycles. The van der Waals surface area contributed by atoms with Gasteiger partial charge in [-0.05, 0) is 43.9 Å². The summed E-state index contributed by atoms with van der Waals surface area (Å²) in [7, 11) is 0. The van der Waals surface area contributed by atoms with Crippen molar-refractivity contribution in [3.63, 3.8) is 0 Å². The number of aryl methyl sites for hydroxylation is 1. The number of hydrogen-bond acceptors (Lipinski definition) is 5. The van der Waals surface area contributed by atoms with Gasteiger partial charge in [0.05, 0.1) is 17.7 Å². The fraction of sp³-hybridized carbons (Fsp3) is 0.304. The molecule has 0 aliphatic heterocycles. The minimum atomic E-state index is 0.230. The molecule has 0 amide bonds. The minimum absolute atomic E-state index is 0.230. The average molecular weight is 389 g/mol. The van der Waals surface area contributed by atoms with Gasteiger partial charge in [-0.2, -0.15) is 5.10 Å². The highest BCUT2D eigenvalue weighted by Crippen LogP contribution is 2.33. The van der Waals surface area contributed by atoms with Crippen molar-refractivity contribution >= 4 is 11.8 Å². The van der Waals surface area contributed by atoms with Crippen LogP contribution in [0.1, 0.15) is 36.9 Å². The predicted octanol–water partition coefficient (Wildman–Crippen LogP) is 3.91. The number of hydrogen-bond donors (Lipinski definition) is 3. The molecule has 4 rings (SSSR count). The van der Waals surface area contributed by atoms with E-state index in [2.05, 4.69) is 22.0 Å². The number of nitrogens with zero attached hydrogens (tertiary/aromatic N) is 3. The molecule has 2 aromatic heterocycles. The maximum absolute atomic E-state index is 6.23. The first-order chi connectivity index (χ1) is 14.0. The number of benzene rings is 1. The summed E-state index contributed by atoms with van der Waals surface area (Å²) < 4.78 is 2.07. The van der Waals surface area contributed by atoms with Gasteiger partial charge in [0.1, 0.15) is 0 Å². The van der Waals surface area contributed by atoms with Crippen molar-refractivity contribution in [2.45, 2.75) is 39.2 Å². The Morgan fingerprint density at radius 2 is 1.93 bits per heavy atom. The zero-order valence-corrected chi connectivity index (χ0v) is 16.8. The standard InChI is InChI=1S/C23H28N6/c1-15-6-9-20(19-12-27-29(14-19)13-16-4-2-3-5-16)23(28-15)18-8-7-17(11-22(25)26)21(24)10-18/h6-12,14,16H,2-5,13,24-26H2,1H3. The number of aromatic nitrogens is 3. The van der Waals surface area contributed by atoms with E-state index in [1.54, 1.807) is 6.08 Å². The average Bonchev–Trinajstić information content (AvgIpc) is 3.35. The molecule has 150 valence electrons. The number of anilines is 1. The third-order valence-electron chi connectivity index (χ3n) is 5.58. The number of nitrogen functional groups attached to an aromatic ring is 1. The molecule has 0 radical (unpaired) electrons. The summed E-state index contributed by atoms with van der Waals surface area (Å²) in [5, 5.41) is 4.61. The highest BCUT2D eigenvalue weighted by Gasteiger charge is 2.17. The molecule has 1 aliphatic carbocycles. The minimum Gasteiger partial charge on any atom is -0.398 e. The highest BCUT2D eigenvalue weighted by atomic mass is 15.3. The van der Waals surface area contributed by atoms with Crippen molar-refractivity contribution in [3.05, 3.63) is 59.8 Å². The van der Waals surface area contributed by atoms with Crippen LogP contribution in [0.25, 0.3) is 28.5 Å². The lowest BCUT2D eigenvalue weighted by Crippen LogP contribution is -2.07. The fourth-order valence-electron chi connectivity index (χ4n) is 4.10. The van der Waals surface area contributed by atoms with Crippen molar-refractivity contribution < 1.29 is 0 Å². The molecule has 6 N–H and O–H groups in total. The van der Waals surface area contributed by atoms with Gasteiger partial charge in [0.15, 0.2) is 0 Å². The van der Waals surface area contributed by atoms with E-state index in [9.17, 15) is 0 Å². The zero-order chi connectivity index (χ0) is 20.4. The van der Waals surface area contributed by atoms with Crippen LogP contribution in [0.5, 0.6) is 0 Å². The zero-order valence-electron chi connectivity index (χ0n) is 16.8. The van der Waals surface area contributed by atoms with Gasteiger partial charge in [0, 0.05) is 46.4 Å². The summed E-state index contributed by atoms with van der Waals surface area (Å²) in [6.45, 7) is 2.98. The molecule has 6 nitrogen and oxygen atoms in total. The number of rotatable bonds is 5. The summed E-state index contributed by atoms with van der Waals surface area (Å²) in [4.78, 5) is 4.81. The lowest BCUT2D eigenvalue weighted by Gasteiger charge is -2.11. The Hall–Kier alpha value is -3.28. The van der Waals surface area contributed by atoms with E-state index in [4.69, 9.17) is 22.2 Å². The van der Waals surface area contributed by atoms with Gasteiger partial charge in [-0.25, -0.2) is 0 Å². The predicted molar refractivity (Wildman–Crippen MR) is 118 cm³/mol. The van der Waals surface area contributed by atoms with Crippen LogP contribution in [0.3, 0.4) is 0 Å². The Kier molecular flexibility index (Phi) is 5.25. The van der Waals surface area contributed by atoms with Crippen LogP contribution < -0.4 is 17.2 Å². The topological polar surface area (TPSA) is 109 Å². The van der Waals surface area contributed by atoms with Crippen LogP contribution >= 0.6 is 0 Å². The molecule has 1 aromatic carbocycles. The molecule has 6 heteroatoms. The summed E-state index contributed by atoms with van der Waals surface area (Å²) >= 11 is 0. The van der Waals surface area contributed by atoms with E-state index < -0.39 is 0 Å². The van der Waals surface area contributed by atoms with Gasteiger partial charge in [-0.15, -0.1) is 0 Å². The number of pyridine rings is 1. The van der Waals surface area contributed by atoms with E-state index in [0.29, 0.717) is 5.69 Å². The molecule has 3 aromatic rings. The summed E-state index contributed by atoms with van der Waals surface area (Å²) in [6.07, 6.45) is 11.0. The number of nitrogens with two attached hydrogens (primary N) is 3. The maximum atomic E-state index is 6.23. The van der Waals surface area contributed by atoms with E-state index >= 15 is 0 Å². The molecule has 0 atom stereocenters. The molecule has 0 unspecified atom stereocenters. The molecule has 29 heavy (non-hydrogen) atoms. The molecule has 1 fully saturated rings. The normalized spacial score (nSPS) is 14.2. The second-order valence-corrected chi connectivity index (χ2v) is 7.94. The Balaban J connectivity index is 1.69. The second-order valence-electron chi connectivity index (χ2n) is 7.94. The van der Waals surface area contributed by atoms with Gasteiger partial charge >= 0.3 is 0 Å². The van der Waals surface area contributed by atoms with Crippen molar-refractivity contribution in [1.82, 2.24) is 14.8 Å². The lowest BCUT2D eigenvalue weighted by molar-refractivity contribution is 0.429. The lowest BCUT2D eigenvalue weighted by atomic mass is 9.99. The van der Waals surface area contributed by atoms with Crippen LogP contribution in [-0.4, -0.2) is 14.8 Å². The van der Waals surface area contributed by atoms with E-state index in [1.807, 2.05) is 37.4 Å². The van der Waals surface area contributed by atoms with Gasteiger partial charge in [-0.3, -0.25) is 9.67 Å². The summed E-state index contributed by atoms with van der Waals surface area (Å²) in [5.74, 6) is 0.974. The van der Waals surface area contributed by atoms with E-state index in [0.717, 1.165) is 46.1 Å². The molecule has 0 bridgehead atoms. The first kappa shape index (κ1) is 19.1. The van der Waals surface area contributed by atoms with Crippen molar-refractivity contribution in [3.8, 4) is 22.4 Å². The smallest absolute Gasteiger partial charge is 0.0940 e. The van der Waals surface area contributed by atoms with Crippen molar-refractivity contribution in [2.24, 2.45) is 17.4 Å². The SMILES string of the molecule is Cc1ccc(-c2cnn(CC3CCCC3)c2)c(-c2ccc(C=C(N)N)c(N)c2)n1. The third-order valence-corrected chi connectivity index (χ3v) is 5.58. The van der Waals surface area contributed by atoms with Crippen LogP contribution in [0.2, 0.25) is 0 Å². The maximum Gasteiger partial charge on any atom is 0.0940 e. The molecule has 1 saturated carbocycles. The molecule has 0 spiro atoms. The van der Waals surface area contributed by atoms with Gasteiger partial charge in [0.25, 0.3) is 0 Å². The largest absolute Gasteiger partial charge is 0.398 e.